The number of hydrogen-bond acceptors (Lipinski definition) is 2. The Kier molecular flexibility index (Phi) is 7.33. The first-order chi connectivity index (χ1) is 15.3. The number of rotatable bonds is 7. The molecular formula is C27H37ClN2O3. The lowest BCUT2D eigenvalue weighted by molar-refractivity contribution is -0.132. The van der Waals surface area contributed by atoms with Crippen molar-refractivity contribution in [2.75, 3.05) is 6.54 Å². The molecule has 1 aliphatic heterocycles. The molecule has 1 fully saturated rings. The molecule has 6 heteroatoms. The zero-order chi connectivity index (χ0) is 24.6. The Balaban J connectivity index is 1.95. The second kappa shape index (κ2) is 9.54. The molecule has 0 radical (unpaired) electrons. The average Bonchev–Trinajstić information content (AvgIpc) is 2.73. The summed E-state index contributed by atoms with van der Waals surface area (Å²) in [5.41, 5.74) is 3.04. The van der Waals surface area contributed by atoms with Gasteiger partial charge in [-0.2, -0.15) is 0 Å². The Bertz CT molecular complexity index is 978. The van der Waals surface area contributed by atoms with Crippen molar-refractivity contribution in [3.8, 4) is 0 Å². The van der Waals surface area contributed by atoms with E-state index in [2.05, 4.69) is 58.6 Å². The number of aliphatic carboxylic acids is 1. The standard InChI is InChI=1S/C27H37ClN2O3/c1-17-9-13-27(21-8-7-20(23(28)15-21)10-12-26(4,5)6)22(19(17)3)16-30(25(33)29-27)14-11-18(2)24(31)32/h7-8,15-17,19H,2,9-14H2,1,3-6H3,(H,29,33)(H,31,32)/t17-,19-,27?/m1/s1. The molecule has 5 nitrogen and oxygen atoms in total. The molecule has 1 aromatic rings. The van der Waals surface area contributed by atoms with E-state index in [0.717, 1.165) is 47.4 Å². The second-order valence-electron chi connectivity index (χ2n) is 10.9. The van der Waals surface area contributed by atoms with Crippen LogP contribution in [0, 0.1) is 17.3 Å². The summed E-state index contributed by atoms with van der Waals surface area (Å²) >= 11 is 6.74. The SMILES string of the molecule is C=C(CCN1C=C2[C@H](C)[C@H](C)CCC2(c2ccc(CCC(C)(C)C)c(Cl)c2)NC1=O)C(=O)O. The fourth-order valence-corrected chi connectivity index (χ4v) is 5.09. The van der Waals surface area contributed by atoms with Crippen LogP contribution in [0.5, 0.6) is 0 Å². The maximum atomic E-state index is 13.1. The largest absolute Gasteiger partial charge is 0.478 e. The lowest BCUT2D eigenvalue weighted by Crippen LogP contribution is -2.58. The summed E-state index contributed by atoms with van der Waals surface area (Å²) in [6, 6.07) is 6.03. The third kappa shape index (κ3) is 5.46. The monoisotopic (exact) mass is 472 g/mol. The van der Waals surface area contributed by atoms with Crippen molar-refractivity contribution in [3.63, 3.8) is 0 Å². The lowest BCUT2D eigenvalue weighted by Gasteiger charge is -2.50. The first-order valence-corrected chi connectivity index (χ1v) is 12.2. The van der Waals surface area contributed by atoms with Crippen molar-refractivity contribution < 1.29 is 14.7 Å². The van der Waals surface area contributed by atoms with Gasteiger partial charge >= 0.3 is 12.0 Å². The van der Waals surface area contributed by atoms with Crippen LogP contribution in [-0.4, -0.2) is 28.6 Å². The summed E-state index contributed by atoms with van der Waals surface area (Å²) in [7, 11) is 0. The Morgan fingerprint density at radius 3 is 2.64 bits per heavy atom. The van der Waals surface area contributed by atoms with Crippen LogP contribution < -0.4 is 5.32 Å². The van der Waals surface area contributed by atoms with Crippen molar-refractivity contribution in [1.82, 2.24) is 10.2 Å². The number of urea groups is 1. The Morgan fingerprint density at radius 2 is 2.03 bits per heavy atom. The van der Waals surface area contributed by atoms with E-state index >= 15 is 0 Å². The van der Waals surface area contributed by atoms with Crippen molar-refractivity contribution in [3.05, 3.63) is 58.3 Å². The number of fused-ring (bicyclic) bond motifs is 1. The van der Waals surface area contributed by atoms with Gasteiger partial charge in [-0.3, -0.25) is 0 Å². The Hall–Kier alpha value is -2.27. The number of benzene rings is 1. The number of halogens is 1. The van der Waals surface area contributed by atoms with Crippen LogP contribution in [0.15, 0.2) is 42.1 Å². The summed E-state index contributed by atoms with van der Waals surface area (Å²) in [6.07, 6.45) is 5.93. The van der Waals surface area contributed by atoms with E-state index in [9.17, 15) is 9.59 Å². The molecule has 2 amide bonds. The van der Waals surface area contributed by atoms with Gasteiger partial charge in [0.25, 0.3) is 0 Å². The molecular weight excluding hydrogens is 436 g/mol. The minimum absolute atomic E-state index is 0.0979. The molecule has 33 heavy (non-hydrogen) atoms. The third-order valence-corrected chi connectivity index (χ3v) is 7.69. The minimum atomic E-state index is -1.03. The number of hydrogen-bond donors (Lipinski definition) is 2. The van der Waals surface area contributed by atoms with Crippen molar-refractivity contribution in [2.45, 2.75) is 72.3 Å². The van der Waals surface area contributed by atoms with E-state index < -0.39 is 11.5 Å². The van der Waals surface area contributed by atoms with E-state index in [1.165, 1.54) is 0 Å². The average molecular weight is 473 g/mol. The molecule has 1 saturated carbocycles. The van der Waals surface area contributed by atoms with Gasteiger partial charge in [0, 0.05) is 23.3 Å². The van der Waals surface area contributed by atoms with Gasteiger partial charge in [0.1, 0.15) is 0 Å². The molecule has 1 aliphatic carbocycles. The lowest BCUT2D eigenvalue weighted by atomic mass is 9.64. The first kappa shape index (κ1) is 25.4. The first-order valence-electron chi connectivity index (χ1n) is 11.8. The number of amides is 2. The molecule has 3 rings (SSSR count). The van der Waals surface area contributed by atoms with Crippen LogP contribution in [0.25, 0.3) is 0 Å². The molecule has 0 bridgehead atoms. The minimum Gasteiger partial charge on any atom is -0.478 e. The molecule has 1 heterocycles. The van der Waals surface area contributed by atoms with E-state index in [0.29, 0.717) is 5.92 Å². The van der Waals surface area contributed by atoms with Crippen LogP contribution in [0.3, 0.4) is 0 Å². The summed E-state index contributed by atoms with van der Waals surface area (Å²) in [5.74, 6) is -0.282. The van der Waals surface area contributed by atoms with Gasteiger partial charge in [-0.1, -0.05) is 64.9 Å². The molecule has 180 valence electrons. The Morgan fingerprint density at radius 1 is 1.33 bits per heavy atom. The van der Waals surface area contributed by atoms with E-state index in [-0.39, 0.29) is 35.9 Å². The van der Waals surface area contributed by atoms with Crippen molar-refractivity contribution >= 4 is 23.6 Å². The van der Waals surface area contributed by atoms with Crippen LogP contribution in [0.1, 0.15) is 71.4 Å². The number of carboxylic acid groups (broad SMARTS) is 1. The third-order valence-electron chi connectivity index (χ3n) is 7.33. The van der Waals surface area contributed by atoms with Gasteiger partial charge in [-0.15, -0.1) is 0 Å². The summed E-state index contributed by atoms with van der Waals surface area (Å²) in [4.78, 5) is 25.8. The number of carbonyl (C=O) groups is 2. The fourth-order valence-electron chi connectivity index (χ4n) is 4.81. The quantitative estimate of drug-likeness (QED) is 0.444. The smallest absolute Gasteiger partial charge is 0.331 e. The summed E-state index contributed by atoms with van der Waals surface area (Å²) in [5, 5.41) is 13.1. The van der Waals surface area contributed by atoms with Gasteiger partial charge in [0.15, 0.2) is 0 Å². The topological polar surface area (TPSA) is 69.6 Å². The molecule has 0 saturated heterocycles. The van der Waals surface area contributed by atoms with Gasteiger partial charge in [-0.05, 0) is 72.1 Å². The van der Waals surface area contributed by atoms with Gasteiger partial charge in [0.05, 0.1) is 5.54 Å². The second-order valence-corrected chi connectivity index (χ2v) is 11.4. The number of aryl methyl sites for hydroxylation is 1. The van der Waals surface area contributed by atoms with Gasteiger partial charge in [0.2, 0.25) is 0 Å². The zero-order valence-corrected chi connectivity index (χ0v) is 21.3. The zero-order valence-electron chi connectivity index (χ0n) is 20.5. The maximum Gasteiger partial charge on any atom is 0.331 e. The number of nitrogens with one attached hydrogen (secondary N) is 1. The van der Waals surface area contributed by atoms with Crippen LogP contribution in [0.4, 0.5) is 4.79 Å². The van der Waals surface area contributed by atoms with Crippen LogP contribution in [-0.2, 0) is 16.8 Å². The highest BCUT2D eigenvalue weighted by molar-refractivity contribution is 6.31. The Labute approximate surface area is 202 Å². The van der Waals surface area contributed by atoms with Crippen molar-refractivity contribution in [1.29, 1.82) is 0 Å². The van der Waals surface area contributed by atoms with E-state index in [1.54, 1.807) is 4.90 Å². The molecule has 1 aromatic carbocycles. The van der Waals surface area contributed by atoms with E-state index in [1.807, 2.05) is 12.3 Å². The predicted molar refractivity (Wildman–Crippen MR) is 133 cm³/mol. The maximum absolute atomic E-state index is 13.1. The highest BCUT2D eigenvalue weighted by Gasteiger charge is 2.48. The van der Waals surface area contributed by atoms with Gasteiger partial charge < -0.3 is 15.3 Å². The number of carboxylic acids is 1. The molecule has 1 unspecified atom stereocenters. The van der Waals surface area contributed by atoms with Gasteiger partial charge in [-0.25, -0.2) is 9.59 Å². The predicted octanol–water partition coefficient (Wildman–Crippen LogP) is 6.52. The highest BCUT2D eigenvalue weighted by Crippen LogP contribution is 2.49. The summed E-state index contributed by atoms with van der Waals surface area (Å²) in [6.45, 7) is 15.0. The molecule has 2 N–H and O–H groups in total. The normalized spacial score (nSPS) is 25.2. The molecule has 0 spiro atoms. The van der Waals surface area contributed by atoms with Crippen molar-refractivity contribution in [2.24, 2.45) is 17.3 Å². The molecule has 0 aromatic heterocycles. The highest BCUT2D eigenvalue weighted by atomic mass is 35.5. The number of nitrogens with zero attached hydrogens (tertiary/aromatic N) is 1. The summed E-state index contributed by atoms with van der Waals surface area (Å²) < 4.78 is 0. The van der Waals surface area contributed by atoms with E-state index in [4.69, 9.17) is 16.7 Å². The van der Waals surface area contributed by atoms with Crippen LogP contribution >= 0.6 is 11.6 Å². The fraction of sp³-hybridized carbons (Fsp3) is 0.556. The molecule has 3 atom stereocenters. The molecule has 2 aliphatic rings. The number of carbonyl (C=O) groups excluding carboxylic acids is 1. The van der Waals surface area contributed by atoms with Crippen LogP contribution in [0.2, 0.25) is 5.02 Å².